The van der Waals surface area contributed by atoms with Gasteiger partial charge in [0.25, 0.3) is 0 Å². The van der Waals surface area contributed by atoms with Gasteiger partial charge < -0.3 is 5.73 Å². The van der Waals surface area contributed by atoms with Crippen LogP contribution in [0.25, 0.3) is 0 Å². The fourth-order valence-electron chi connectivity index (χ4n) is 1.60. The van der Waals surface area contributed by atoms with Crippen LogP contribution in [0.2, 0.25) is 0 Å². The van der Waals surface area contributed by atoms with Gasteiger partial charge in [-0.1, -0.05) is 23.3 Å². The van der Waals surface area contributed by atoms with Crippen LogP contribution in [0.1, 0.15) is 39.0 Å². The molecule has 0 unspecified atom stereocenters. The van der Waals surface area contributed by atoms with Crippen molar-refractivity contribution in [2.75, 3.05) is 6.54 Å². The van der Waals surface area contributed by atoms with E-state index < -0.39 is 0 Å². The smallest absolute Gasteiger partial charge is 0.00742 e. The summed E-state index contributed by atoms with van der Waals surface area (Å²) in [4.78, 5) is 0. The monoisotopic (exact) mass is 165 g/mol. The highest BCUT2D eigenvalue weighted by Gasteiger charge is 2.01. The first-order valence-electron chi connectivity index (χ1n) is 4.89. The first kappa shape index (κ1) is 9.53. The van der Waals surface area contributed by atoms with Gasteiger partial charge in [-0.2, -0.15) is 0 Å². The number of hydrogen-bond acceptors (Lipinski definition) is 1. The van der Waals surface area contributed by atoms with Crippen molar-refractivity contribution in [1.82, 2.24) is 0 Å². The highest BCUT2D eigenvalue weighted by Crippen LogP contribution is 2.20. The third kappa shape index (κ3) is 3.22. The molecule has 12 heavy (non-hydrogen) atoms. The summed E-state index contributed by atoms with van der Waals surface area (Å²) in [6.07, 6.45) is 10.9. The van der Waals surface area contributed by atoms with Gasteiger partial charge in [0, 0.05) is 0 Å². The SMILES string of the molecule is C/C(=C/C1=CCCC1)CCCN. The summed E-state index contributed by atoms with van der Waals surface area (Å²) in [5.74, 6) is 0. The zero-order valence-electron chi connectivity index (χ0n) is 7.97. The van der Waals surface area contributed by atoms with Crippen LogP contribution in [0.15, 0.2) is 23.3 Å². The zero-order chi connectivity index (χ0) is 8.81. The molecule has 0 aromatic heterocycles. The van der Waals surface area contributed by atoms with Crippen LogP contribution < -0.4 is 5.73 Å². The minimum atomic E-state index is 0.810. The fraction of sp³-hybridized carbons (Fsp3) is 0.636. The van der Waals surface area contributed by atoms with E-state index in [-0.39, 0.29) is 0 Å². The van der Waals surface area contributed by atoms with E-state index in [0.29, 0.717) is 0 Å². The Bertz CT molecular complexity index is 189. The highest BCUT2D eigenvalue weighted by atomic mass is 14.5. The van der Waals surface area contributed by atoms with Gasteiger partial charge in [0.2, 0.25) is 0 Å². The minimum absolute atomic E-state index is 0.810. The molecule has 1 aliphatic carbocycles. The lowest BCUT2D eigenvalue weighted by Gasteiger charge is -1.99. The van der Waals surface area contributed by atoms with Crippen LogP contribution in [0, 0.1) is 0 Å². The Hall–Kier alpha value is -0.560. The number of hydrogen-bond donors (Lipinski definition) is 1. The minimum Gasteiger partial charge on any atom is -0.330 e. The second-order valence-electron chi connectivity index (χ2n) is 3.55. The van der Waals surface area contributed by atoms with E-state index in [9.17, 15) is 0 Å². The van der Waals surface area contributed by atoms with Crippen molar-refractivity contribution in [2.24, 2.45) is 5.73 Å². The molecule has 0 atom stereocenters. The van der Waals surface area contributed by atoms with Crippen LogP contribution in [0.4, 0.5) is 0 Å². The standard InChI is InChI=1S/C11H19N/c1-10(5-4-8-12)9-11-6-2-3-7-11/h6,9H,2-5,7-8,12H2,1H3/b10-9-. The van der Waals surface area contributed by atoms with Crippen molar-refractivity contribution >= 4 is 0 Å². The lowest BCUT2D eigenvalue weighted by atomic mass is 10.1. The molecule has 0 amide bonds. The van der Waals surface area contributed by atoms with Crippen molar-refractivity contribution in [2.45, 2.75) is 39.0 Å². The predicted molar refractivity (Wildman–Crippen MR) is 54.0 cm³/mol. The largest absolute Gasteiger partial charge is 0.330 e. The summed E-state index contributed by atoms with van der Waals surface area (Å²) < 4.78 is 0. The lowest BCUT2D eigenvalue weighted by molar-refractivity contribution is 0.821. The molecule has 0 aliphatic heterocycles. The predicted octanol–water partition coefficient (Wildman–Crippen LogP) is 2.78. The molecule has 0 saturated heterocycles. The van der Waals surface area contributed by atoms with Crippen LogP contribution in [0.5, 0.6) is 0 Å². The summed E-state index contributed by atoms with van der Waals surface area (Å²) in [7, 11) is 0. The molecule has 1 rings (SSSR count). The molecule has 1 aliphatic rings. The Morgan fingerprint density at radius 1 is 1.67 bits per heavy atom. The molecule has 68 valence electrons. The van der Waals surface area contributed by atoms with Crippen LogP contribution >= 0.6 is 0 Å². The molecule has 1 nitrogen and oxygen atoms in total. The summed E-state index contributed by atoms with van der Waals surface area (Å²) in [5.41, 5.74) is 8.46. The molecule has 0 bridgehead atoms. The topological polar surface area (TPSA) is 26.0 Å². The van der Waals surface area contributed by atoms with Crippen molar-refractivity contribution in [1.29, 1.82) is 0 Å². The van der Waals surface area contributed by atoms with Crippen LogP contribution in [0.3, 0.4) is 0 Å². The Balaban J connectivity index is 2.33. The summed E-state index contributed by atoms with van der Waals surface area (Å²) in [5, 5.41) is 0. The van der Waals surface area contributed by atoms with Gasteiger partial charge in [-0.25, -0.2) is 0 Å². The maximum absolute atomic E-state index is 5.44. The van der Waals surface area contributed by atoms with E-state index in [4.69, 9.17) is 5.73 Å². The van der Waals surface area contributed by atoms with Crippen LogP contribution in [-0.4, -0.2) is 6.54 Å². The number of rotatable bonds is 4. The summed E-state index contributed by atoms with van der Waals surface area (Å²) in [6, 6.07) is 0. The summed E-state index contributed by atoms with van der Waals surface area (Å²) in [6.45, 7) is 3.01. The van der Waals surface area contributed by atoms with Crippen molar-refractivity contribution in [3.05, 3.63) is 23.3 Å². The molecule has 0 fully saturated rings. The highest BCUT2D eigenvalue weighted by molar-refractivity contribution is 5.25. The molecule has 0 aromatic rings. The number of nitrogens with two attached hydrogens (primary N) is 1. The van der Waals surface area contributed by atoms with E-state index >= 15 is 0 Å². The molecular weight excluding hydrogens is 146 g/mol. The molecule has 1 heteroatoms. The third-order valence-electron chi connectivity index (χ3n) is 2.28. The van der Waals surface area contributed by atoms with E-state index in [1.165, 1.54) is 30.4 Å². The Kier molecular flexibility index (Phi) is 4.09. The zero-order valence-corrected chi connectivity index (χ0v) is 7.97. The molecule has 0 heterocycles. The molecule has 0 radical (unpaired) electrons. The quantitative estimate of drug-likeness (QED) is 0.681. The van der Waals surface area contributed by atoms with Gasteiger partial charge >= 0.3 is 0 Å². The first-order chi connectivity index (χ1) is 5.83. The van der Waals surface area contributed by atoms with E-state index in [1.807, 2.05) is 0 Å². The average molecular weight is 165 g/mol. The average Bonchev–Trinajstić information content (AvgIpc) is 2.53. The Morgan fingerprint density at radius 2 is 2.50 bits per heavy atom. The first-order valence-corrected chi connectivity index (χ1v) is 4.89. The normalized spacial score (nSPS) is 18.2. The van der Waals surface area contributed by atoms with Crippen LogP contribution in [-0.2, 0) is 0 Å². The van der Waals surface area contributed by atoms with E-state index in [2.05, 4.69) is 19.1 Å². The fourth-order valence-corrected chi connectivity index (χ4v) is 1.60. The maximum Gasteiger partial charge on any atom is -0.00742 e. The van der Waals surface area contributed by atoms with Gasteiger partial charge in [0.1, 0.15) is 0 Å². The second kappa shape index (κ2) is 5.15. The second-order valence-corrected chi connectivity index (χ2v) is 3.55. The Morgan fingerprint density at radius 3 is 3.08 bits per heavy atom. The lowest BCUT2D eigenvalue weighted by Crippen LogP contribution is -1.97. The van der Waals surface area contributed by atoms with E-state index in [1.54, 1.807) is 0 Å². The molecule has 0 spiro atoms. The van der Waals surface area contributed by atoms with Crippen molar-refractivity contribution in [3.63, 3.8) is 0 Å². The van der Waals surface area contributed by atoms with Crippen molar-refractivity contribution < 1.29 is 0 Å². The van der Waals surface area contributed by atoms with Gasteiger partial charge in [-0.15, -0.1) is 0 Å². The van der Waals surface area contributed by atoms with Gasteiger partial charge in [0.15, 0.2) is 0 Å². The van der Waals surface area contributed by atoms with Gasteiger partial charge in [0.05, 0.1) is 0 Å². The molecule has 0 aromatic carbocycles. The number of allylic oxidation sites excluding steroid dienone is 4. The van der Waals surface area contributed by atoms with Crippen molar-refractivity contribution in [3.8, 4) is 0 Å². The summed E-state index contributed by atoms with van der Waals surface area (Å²) >= 11 is 0. The molecule has 2 N–H and O–H groups in total. The van der Waals surface area contributed by atoms with Gasteiger partial charge in [-0.05, 0) is 45.6 Å². The van der Waals surface area contributed by atoms with E-state index in [0.717, 1.165) is 19.4 Å². The molecule has 0 saturated carbocycles. The maximum atomic E-state index is 5.44. The van der Waals surface area contributed by atoms with Gasteiger partial charge in [-0.3, -0.25) is 0 Å². The third-order valence-corrected chi connectivity index (χ3v) is 2.28. The molecular formula is C11H19N. The Labute approximate surface area is 75.3 Å².